The number of aliphatic hydroxyl groups excluding tert-OH is 1. The first-order chi connectivity index (χ1) is 7.36. The molecule has 0 radical (unpaired) electrons. The van der Waals surface area contributed by atoms with Gasteiger partial charge in [-0.15, -0.1) is 0 Å². The average molecular weight is 198 g/mol. The highest BCUT2D eigenvalue weighted by molar-refractivity contribution is 5.74. The standard InChI is InChI=1S/C12H10N2O/c15-12(10-4-3-6-13-9-10)8-11-5-1-2-7-14-11/h1-9,15H/b12-8-. The minimum atomic E-state index is 0.168. The molecule has 0 unspecified atom stereocenters. The fourth-order valence-corrected chi connectivity index (χ4v) is 1.20. The number of hydrogen-bond donors (Lipinski definition) is 1. The summed E-state index contributed by atoms with van der Waals surface area (Å²) < 4.78 is 0. The number of aliphatic hydroxyl groups is 1. The van der Waals surface area contributed by atoms with Gasteiger partial charge < -0.3 is 5.11 Å². The predicted octanol–water partition coefficient (Wildman–Crippen LogP) is 2.53. The monoisotopic (exact) mass is 198 g/mol. The van der Waals surface area contributed by atoms with Crippen LogP contribution in [0.2, 0.25) is 0 Å². The van der Waals surface area contributed by atoms with Gasteiger partial charge in [-0.1, -0.05) is 6.07 Å². The maximum absolute atomic E-state index is 9.76. The summed E-state index contributed by atoms with van der Waals surface area (Å²) in [4.78, 5) is 8.01. The summed E-state index contributed by atoms with van der Waals surface area (Å²) in [5, 5.41) is 9.76. The van der Waals surface area contributed by atoms with Crippen molar-refractivity contribution in [3.8, 4) is 0 Å². The van der Waals surface area contributed by atoms with Gasteiger partial charge in [0.05, 0.1) is 5.69 Å². The molecule has 0 aliphatic rings. The van der Waals surface area contributed by atoms with Crippen LogP contribution in [0, 0.1) is 0 Å². The molecule has 0 fully saturated rings. The molecule has 0 aliphatic heterocycles. The molecule has 0 saturated carbocycles. The number of nitrogens with zero attached hydrogens (tertiary/aromatic N) is 2. The van der Waals surface area contributed by atoms with Crippen LogP contribution >= 0.6 is 0 Å². The smallest absolute Gasteiger partial charge is 0.126 e. The Morgan fingerprint density at radius 1 is 1.13 bits per heavy atom. The topological polar surface area (TPSA) is 46.0 Å². The van der Waals surface area contributed by atoms with Crippen molar-refractivity contribution < 1.29 is 5.11 Å². The molecule has 0 saturated heterocycles. The SMILES string of the molecule is O/C(=C\c1ccccn1)c1cccnc1. The van der Waals surface area contributed by atoms with E-state index in [0.717, 1.165) is 5.69 Å². The second-order valence-electron chi connectivity index (χ2n) is 3.03. The lowest BCUT2D eigenvalue weighted by molar-refractivity contribution is 0.515. The summed E-state index contributed by atoms with van der Waals surface area (Å²) in [7, 11) is 0. The molecule has 2 heterocycles. The Bertz CT molecular complexity index is 452. The van der Waals surface area contributed by atoms with Crippen molar-refractivity contribution in [3.05, 3.63) is 60.2 Å². The minimum absolute atomic E-state index is 0.168. The third kappa shape index (κ3) is 2.40. The van der Waals surface area contributed by atoms with Gasteiger partial charge in [-0.25, -0.2) is 0 Å². The third-order valence-corrected chi connectivity index (χ3v) is 1.93. The molecule has 0 aromatic carbocycles. The minimum Gasteiger partial charge on any atom is -0.507 e. The Morgan fingerprint density at radius 2 is 2.07 bits per heavy atom. The van der Waals surface area contributed by atoms with Crippen molar-refractivity contribution in [1.29, 1.82) is 0 Å². The van der Waals surface area contributed by atoms with Gasteiger partial charge in [0, 0.05) is 30.2 Å². The number of hydrogen-bond acceptors (Lipinski definition) is 3. The lowest BCUT2D eigenvalue weighted by Crippen LogP contribution is -1.85. The Kier molecular flexibility index (Phi) is 2.74. The van der Waals surface area contributed by atoms with Crippen LogP contribution in [0.3, 0.4) is 0 Å². The quantitative estimate of drug-likeness (QED) is 0.754. The zero-order valence-electron chi connectivity index (χ0n) is 8.04. The number of pyridine rings is 2. The predicted molar refractivity (Wildman–Crippen MR) is 59.0 cm³/mol. The van der Waals surface area contributed by atoms with Gasteiger partial charge >= 0.3 is 0 Å². The molecule has 3 heteroatoms. The van der Waals surface area contributed by atoms with Crippen molar-refractivity contribution in [2.24, 2.45) is 0 Å². The molecular weight excluding hydrogens is 188 g/mol. The van der Waals surface area contributed by atoms with E-state index >= 15 is 0 Å². The fraction of sp³-hybridized carbons (Fsp3) is 0. The molecule has 2 aromatic heterocycles. The van der Waals surface area contributed by atoms with Gasteiger partial charge in [0.25, 0.3) is 0 Å². The molecule has 1 N–H and O–H groups in total. The molecule has 2 rings (SSSR count). The van der Waals surface area contributed by atoms with E-state index in [1.54, 1.807) is 36.8 Å². The molecule has 74 valence electrons. The molecule has 0 spiro atoms. The number of rotatable bonds is 2. The molecule has 3 nitrogen and oxygen atoms in total. The van der Waals surface area contributed by atoms with Crippen molar-refractivity contribution in [2.45, 2.75) is 0 Å². The maximum atomic E-state index is 9.76. The molecule has 15 heavy (non-hydrogen) atoms. The van der Waals surface area contributed by atoms with Crippen LogP contribution in [-0.2, 0) is 0 Å². The molecule has 2 aromatic rings. The molecule has 0 bridgehead atoms. The van der Waals surface area contributed by atoms with Crippen LogP contribution in [0.5, 0.6) is 0 Å². The summed E-state index contributed by atoms with van der Waals surface area (Å²) in [6, 6.07) is 9.10. The average Bonchev–Trinajstić information content (AvgIpc) is 2.31. The van der Waals surface area contributed by atoms with Gasteiger partial charge in [0.2, 0.25) is 0 Å². The second-order valence-corrected chi connectivity index (χ2v) is 3.03. The van der Waals surface area contributed by atoms with Crippen LogP contribution in [0.4, 0.5) is 0 Å². The van der Waals surface area contributed by atoms with E-state index in [1.165, 1.54) is 0 Å². The highest BCUT2D eigenvalue weighted by atomic mass is 16.3. The fourth-order valence-electron chi connectivity index (χ4n) is 1.20. The Balaban J connectivity index is 2.29. The van der Waals surface area contributed by atoms with Crippen LogP contribution in [0.1, 0.15) is 11.3 Å². The summed E-state index contributed by atoms with van der Waals surface area (Å²) in [5.41, 5.74) is 1.40. The first-order valence-electron chi connectivity index (χ1n) is 4.58. The Hall–Kier alpha value is -2.16. The highest BCUT2D eigenvalue weighted by Gasteiger charge is 1.98. The third-order valence-electron chi connectivity index (χ3n) is 1.93. The maximum Gasteiger partial charge on any atom is 0.126 e. The Labute approximate surface area is 87.8 Å². The van der Waals surface area contributed by atoms with Crippen molar-refractivity contribution in [3.63, 3.8) is 0 Å². The summed E-state index contributed by atoms with van der Waals surface area (Å²) in [5.74, 6) is 0.168. The van der Waals surface area contributed by atoms with Crippen molar-refractivity contribution in [2.75, 3.05) is 0 Å². The van der Waals surface area contributed by atoms with Crippen LogP contribution in [-0.4, -0.2) is 15.1 Å². The van der Waals surface area contributed by atoms with Gasteiger partial charge in [-0.3, -0.25) is 9.97 Å². The van der Waals surface area contributed by atoms with E-state index in [-0.39, 0.29) is 5.76 Å². The van der Waals surface area contributed by atoms with Crippen LogP contribution < -0.4 is 0 Å². The summed E-state index contributed by atoms with van der Waals surface area (Å²) in [6.45, 7) is 0. The van der Waals surface area contributed by atoms with E-state index in [2.05, 4.69) is 9.97 Å². The normalized spacial score (nSPS) is 11.3. The van der Waals surface area contributed by atoms with Gasteiger partial charge in [-0.05, 0) is 24.3 Å². The molecule has 0 atom stereocenters. The van der Waals surface area contributed by atoms with E-state index in [0.29, 0.717) is 5.56 Å². The van der Waals surface area contributed by atoms with E-state index in [9.17, 15) is 5.11 Å². The zero-order valence-corrected chi connectivity index (χ0v) is 8.04. The van der Waals surface area contributed by atoms with Gasteiger partial charge in [-0.2, -0.15) is 0 Å². The largest absolute Gasteiger partial charge is 0.507 e. The first kappa shape index (κ1) is 9.40. The molecular formula is C12H10N2O. The molecule has 0 aliphatic carbocycles. The number of aromatic nitrogens is 2. The Morgan fingerprint density at radius 3 is 2.73 bits per heavy atom. The van der Waals surface area contributed by atoms with Gasteiger partial charge in [0.1, 0.15) is 5.76 Å². The molecule has 0 amide bonds. The second kappa shape index (κ2) is 4.37. The van der Waals surface area contributed by atoms with Crippen molar-refractivity contribution in [1.82, 2.24) is 9.97 Å². The summed E-state index contributed by atoms with van der Waals surface area (Å²) >= 11 is 0. The van der Waals surface area contributed by atoms with Crippen LogP contribution in [0.25, 0.3) is 11.8 Å². The van der Waals surface area contributed by atoms with Crippen molar-refractivity contribution >= 4 is 11.8 Å². The zero-order chi connectivity index (χ0) is 10.5. The van der Waals surface area contributed by atoms with E-state index in [4.69, 9.17) is 0 Å². The lowest BCUT2D eigenvalue weighted by atomic mass is 10.2. The van der Waals surface area contributed by atoms with Crippen LogP contribution in [0.15, 0.2) is 48.9 Å². The van der Waals surface area contributed by atoms with E-state index in [1.807, 2.05) is 18.2 Å². The van der Waals surface area contributed by atoms with Gasteiger partial charge in [0.15, 0.2) is 0 Å². The lowest BCUT2D eigenvalue weighted by Gasteiger charge is -1.98. The summed E-state index contributed by atoms with van der Waals surface area (Å²) in [6.07, 6.45) is 6.56. The highest BCUT2D eigenvalue weighted by Crippen LogP contribution is 2.12. The van der Waals surface area contributed by atoms with E-state index < -0.39 is 0 Å². The first-order valence-corrected chi connectivity index (χ1v) is 4.58.